The van der Waals surface area contributed by atoms with Crippen LogP contribution < -0.4 is 0 Å². The molecule has 0 radical (unpaired) electrons. The first-order valence-electron chi connectivity index (χ1n) is 4.90. The van der Waals surface area contributed by atoms with E-state index in [-0.39, 0.29) is 3.74 Å². The van der Waals surface area contributed by atoms with Crippen LogP contribution in [0, 0.1) is 5.92 Å². The van der Waals surface area contributed by atoms with Gasteiger partial charge < -0.3 is 0 Å². The Labute approximate surface area is 162 Å². The molecule has 0 rings (SSSR count). The number of allylic oxidation sites excluding steroid dienone is 1. The molecule has 4 atom stereocenters. The first-order chi connectivity index (χ1) is 7.81. The van der Waals surface area contributed by atoms with E-state index in [9.17, 15) is 0 Å². The van der Waals surface area contributed by atoms with Crippen LogP contribution in [0.2, 0.25) is 0 Å². The summed E-state index contributed by atoms with van der Waals surface area (Å²) in [4.78, 5) is 0.971. The Kier molecular flexibility index (Phi) is 12.7. The van der Waals surface area contributed by atoms with Gasteiger partial charge in [-0.15, -0.1) is 6.58 Å². The van der Waals surface area contributed by atoms with Crippen LogP contribution >= 0.6 is 112 Å². The summed E-state index contributed by atoms with van der Waals surface area (Å²) in [5.74, 6) is 0.513. The van der Waals surface area contributed by atoms with Crippen LogP contribution in [0.25, 0.3) is 0 Å². The lowest BCUT2D eigenvalue weighted by atomic mass is 9.96. The fourth-order valence-corrected chi connectivity index (χ4v) is 6.05. The second-order valence-electron chi connectivity index (χ2n) is 3.58. The average molecular weight is 693 g/mol. The standard InChI is InChI=1S/C10H13Br7/c1-2-3-5(4-6(11)12)7(13)8(14)9(15)10(16)17/h2,5-10H,1,3-4H2. The minimum absolute atomic E-state index is 0.229. The summed E-state index contributed by atoms with van der Waals surface area (Å²) in [6.07, 6.45) is 4.00. The van der Waals surface area contributed by atoms with E-state index in [1.54, 1.807) is 0 Å². The molecule has 0 nitrogen and oxygen atoms in total. The van der Waals surface area contributed by atoms with E-state index < -0.39 is 0 Å². The monoisotopic (exact) mass is 686 g/mol. The third-order valence-electron chi connectivity index (χ3n) is 2.25. The van der Waals surface area contributed by atoms with E-state index in [0.29, 0.717) is 24.1 Å². The van der Waals surface area contributed by atoms with E-state index in [1.165, 1.54) is 0 Å². The van der Waals surface area contributed by atoms with Crippen molar-refractivity contribution in [1.29, 1.82) is 0 Å². The van der Waals surface area contributed by atoms with Crippen LogP contribution in [0.5, 0.6) is 0 Å². The molecule has 0 aromatic heterocycles. The van der Waals surface area contributed by atoms with Crippen LogP contribution in [-0.2, 0) is 0 Å². The van der Waals surface area contributed by atoms with Gasteiger partial charge >= 0.3 is 0 Å². The summed E-state index contributed by atoms with van der Waals surface area (Å²) >= 11 is 25.4. The van der Waals surface area contributed by atoms with E-state index in [1.807, 2.05) is 6.08 Å². The molecule has 0 fully saturated rings. The normalized spacial score (nSPS) is 19.1. The highest BCUT2D eigenvalue weighted by Crippen LogP contribution is 2.38. The van der Waals surface area contributed by atoms with Gasteiger partial charge in [-0.05, 0) is 18.8 Å². The summed E-state index contributed by atoms with van der Waals surface area (Å²) in [7, 11) is 0. The fraction of sp³-hybridized carbons (Fsp3) is 0.800. The SMILES string of the molecule is C=CCC(CC(Br)Br)C(Br)C(Br)C(Br)C(Br)Br. The van der Waals surface area contributed by atoms with Crippen molar-refractivity contribution in [2.24, 2.45) is 5.92 Å². The Morgan fingerprint density at radius 1 is 0.824 bits per heavy atom. The Balaban J connectivity index is 4.57. The Morgan fingerprint density at radius 2 is 1.35 bits per heavy atom. The third-order valence-corrected chi connectivity index (χ3v) is 10.5. The lowest BCUT2D eigenvalue weighted by molar-refractivity contribution is 0.490. The highest BCUT2D eigenvalue weighted by Gasteiger charge is 2.32. The maximum atomic E-state index is 3.83. The maximum Gasteiger partial charge on any atom is 0.0833 e. The van der Waals surface area contributed by atoms with Crippen molar-refractivity contribution in [2.45, 2.75) is 34.8 Å². The summed E-state index contributed by atoms with van der Waals surface area (Å²) in [5, 5.41) is 0. The molecule has 0 aliphatic rings. The molecule has 0 spiro atoms. The van der Waals surface area contributed by atoms with Crippen molar-refractivity contribution in [1.82, 2.24) is 0 Å². The molecule has 0 heterocycles. The Bertz CT molecular complexity index is 219. The fourth-order valence-electron chi connectivity index (χ4n) is 1.37. The molecule has 0 saturated carbocycles. The first kappa shape index (κ1) is 20.1. The van der Waals surface area contributed by atoms with E-state index in [0.717, 1.165) is 12.8 Å². The molecule has 102 valence electrons. The van der Waals surface area contributed by atoms with Crippen LogP contribution in [0.3, 0.4) is 0 Å². The lowest BCUT2D eigenvalue weighted by Crippen LogP contribution is -2.34. The minimum Gasteiger partial charge on any atom is -0.103 e. The van der Waals surface area contributed by atoms with Crippen LogP contribution in [0.4, 0.5) is 0 Å². The summed E-state index contributed by atoms with van der Waals surface area (Å²) in [5.41, 5.74) is 0. The van der Waals surface area contributed by atoms with Crippen LogP contribution in [0.1, 0.15) is 12.8 Å². The van der Waals surface area contributed by atoms with Crippen LogP contribution in [-0.4, -0.2) is 22.0 Å². The molecule has 0 saturated heterocycles. The average Bonchev–Trinajstić information content (AvgIpc) is 2.24. The predicted octanol–water partition coefficient (Wildman–Crippen LogP) is 7.09. The molecule has 0 aliphatic carbocycles. The summed E-state index contributed by atoms with van der Waals surface area (Å²) < 4.78 is 0.560. The molecule has 0 aromatic carbocycles. The quantitative estimate of drug-likeness (QED) is 0.188. The molecule has 0 aromatic rings. The van der Waals surface area contributed by atoms with Gasteiger partial charge in [0.05, 0.1) is 12.3 Å². The van der Waals surface area contributed by atoms with Crippen LogP contribution in [0.15, 0.2) is 12.7 Å². The zero-order valence-electron chi connectivity index (χ0n) is 8.81. The molecular formula is C10H13Br7. The Hall–Kier alpha value is 3.10. The second kappa shape index (κ2) is 10.8. The van der Waals surface area contributed by atoms with Gasteiger partial charge in [0.1, 0.15) is 0 Å². The molecule has 0 amide bonds. The van der Waals surface area contributed by atoms with E-state index in [4.69, 9.17) is 0 Å². The molecule has 7 heteroatoms. The number of hydrogen-bond donors (Lipinski definition) is 0. The number of rotatable bonds is 8. The molecular weight excluding hydrogens is 679 g/mol. The van der Waals surface area contributed by atoms with Gasteiger partial charge in [0.25, 0.3) is 0 Å². The first-order valence-corrected chi connectivity index (χ1v) is 11.3. The third kappa shape index (κ3) is 8.20. The number of halogens is 7. The van der Waals surface area contributed by atoms with Crippen molar-refractivity contribution in [3.63, 3.8) is 0 Å². The van der Waals surface area contributed by atoms with Crippen molar-refractivity contribution in [2.75, 3.05) is 0 Å². The van der Waals surface area contributed by atoms with Crippen molar-refractivity contribution < 1.29 is 0 Å². The van der Waals surface area contributed by atoms with Gasteiger partial charge in [-0.3, -0.25) is 0 Å². The van der Waals surface area contributed by atoms with Gasteiger partial charge in [-0.25, -0.2) is 0 Å². The minimum atomic E-state index is 0.229. The van der Waals surface area contributed by atoms with Gasteiger partial charge in [0, 0.05) is 9.65 Å². The summed E-state index contributed by atoms with van der Waals surface area (Å²) in [6.45, 7) is 3.83. The van der Waals surface area contributed by atoms with E-state index in [2.05, 4.69) is 118 Å². The zero-order valence-corrected chi connectivity index (χ0v) is 19.9. The predicted molar refractivity (Wildman–Crippen MR) is 104 cm³/mol. The highest BCUT2D eigenvalue weighted by atomic mass is 79.9. The Morgan fingerprint density at radius 3 is 1.71 bits per heavy atom. The van der Waals surface area contributed by atoms with Crippen molar-refractivity contribution in [3.8, 4) is 0 Å². The lowest BCUT2D eigenvalue weighted by Gasteiger charge is -2.29. The summed E-state index contributed by atoms with van der Waals surface area (Å²) in [6, 6.07) is 0. The molecule has 0 aliphatic heterocycles. The highest BCUT2D eigenvalue weighted by molar-refractivity contribution is 9.25. The van der Waals surface area contributed by atoms with Gasteiger partial charge in [-0.2, -0.15) is 0 Å². The molecule has 0 bridgehead atoms. The zero-order chi connectivity index (χ0) is 13.6. The van der Waals surface area contributed by atoms with E-state index >= 15 is 0 Å². The van der Waals surface area contributed by atoms with Gasteiger partial charge in [0.15, 0.2) is 0 Å². The topological polar surface area (TPSA) is 0 Å². The molecule has 4 unspecified atom stereocenters. The maximum absolute atomic E-state index is 3.83. The number of alkyl halides is 7. The van der Waals surface area contributed by atoms with Crippen molar-refractivity contribution >= 4 is 112 Å². The largest absolute Gasteiger partial charge is 0.103 e. The molecule has 0 N–H and O–H groups in total. The smallest absolute Gasteiger partial charge is 0.0833 e. The van der Waals surface area contributed by atoms with Gasteiger partial charge in [0.2, 0.25) is 0 Å². The molecule has 17 heavy (non-hydrogen) atoms. The van der Waals surface area contributed by atoms with Gasteiger partial charge in [-0.1, -0.05) is 118 Å². The van der Waals surface area contributed by atoms with Crippen molar-refractivity contribution in [3.05, 3.63) is 12.7 Å². The number of hydrogen-bond acceptors (Lipinski definition) is 0. The second-order valence-corrected chi connectivity index (χ2v) is 13.4.